The van der Waals surface area contributed by atoms with Crippen LogP contribution >= 0.6 is 11.6 Å². The lowest BCUT2D eigenvalue weighted by Gasteiger charge is -2.17. The Labute approximate surface area is 129 Å². The summed E-state index contributed by atoms with van der Waals surface area (Å²) in [5.74, 6) is 0.842. The van der Waals surface area contributed by atoms with Crippen molar-refractivity contribution in [2.75, 3.05) is 12.4 Å². The first-order valence-electron chi connectivity index (χ1n) is 6.72. The van der Waals surface area contributed by atoms with Crippen LogP contribution in [0.3, 0.4) is 0 Å². The smallest absolute Gasteiger partial charge is 0.159 e. The molecule has 2 aromatic carbocycles. The number of anilines is 1. The van der Waals surface area contributed by atoms with Crippen LogP contribution in [-0.4, -0.2) is 12.9 Å². The number of ether oxygens (including phenoxy) is 1. The number of hydrogen-bond acceptors (Lipinski definition) is 3. The zero-order chi connectivity index (χ0) is 15.4. The van der Waals surface area contributed by atoms with Crippen molar-refractivity contribution in [2.24, 2.45) is 0 Å². The van der Waals surface area contributed by atoms with E-state index in [-0.39, 0.29) is 11.8 Å². The first-order valence-corrected chi connectivity index (χ1v) is 7.10. The molecule has 0 amide bonds. The van der Waals surface area contributed by atoms with E-state index in [1.807, 2.05) is 31.2 Å². The second-order valence-corrected chi connectivity index (χ2v) is 5.30. The van der Waals surface area contributed by atoms with Gasteiger partial charge in [0.15, 0.2) is 5.78 Å². The molecule has 0 radical (unpaired) electrons. The van der Waals surface area contributed by atoms with Crippen LogP contribution in [0, 0.1) is 0 Å². The highest BCUT2D eigenvalue weighted by molar-refractivity contribution is 6.33. The number of benzene rings is 2. The molecule has 0 aromatic heterocycles. The number of carbonyl (C=O) groups excluding carboxylic acids is 1. The van der Waals surface area contributed by atoms with Crippen LogP contribution in [0.5, 0.6) is 5.75 Å². The summed E-state index contributed by atoms with van der Waals surface area (Å²) < 4.78 is 5.15. The number of rotatable bonds is 5. The van der Waals surface area contributed by atoms with E-state index in [0.717, 1.165) is 17.0 Å². The number of hydrogen-bond donors (Lipinski definition) is 1. The van der Waals surface area contributed by atoms with Crippen LogP contribution < -0.4 is 10.1 Å². The summed E-state index contributed by atoms with van der Waals surface area (Å²) in [6.45, 7) is 3.58. The molecule has 1 unspecified atom stereocenters. The largest absolute Gasteiger partial charge is 0.497 e. The van der Waals surface area contributed by atoms with E-state index < -0.39 is 0 Å². The molecule has 0 spiro atoms. The van der Waals surface area contributed by atoms with Gasteiger partial charge in [0, 0.05) is 11.6 Å². The fourth-order valence-corrected chi connectivity index (χ4v) is 2.24. The van der Waals surface area contributed by atoms with Crippen molar-refractivity contribution in [3.05, 3.63) is 58.6 Å². The third kappa shape index (κ3) is 3.76. The first-order chi connectivity index (χ1) is 10.0. The molecule has 110 valence electrons. The maximum absolute atomic E-state index is 11.5. The van der Waals surface area contributed by atoms with Crippen molar-refractivity contribution in [3.8, 4) is 5.75 Å². The predicted molar refractivity (Wildman–Crippen MR) is 86.5 cm³/mol. The van der Waals surface area contributed by atoms with Gasteiger partial charge < -0.3 is 10.1 Å². The van der Waals surface area contributed by atoms with Gasteiger partial charge in [0.25, 0.3) is 0 Å². The molecule has 0 fully saturated rings. The van der Waals surface area contributed by atoms with Gasteiger partial charge in [-0.05, 0) is 49.7 Å². The summed E-state index contributed by atoms with van der Waals surface area (Å²) in [4.78, 5) is 11.5. The van der Waals surface area contributed by atoms with Crippen molar-refractivity contribution in [1.29, 1.82) is 0 Å². The van der Waals surface area contributed by atoms with Gasteiger partial charge in [-0.15, -0.1) is 0 Å². The minimum Gasteiger partial charge on any atom is -0.497 e. The lowest BCUT2D eigenvalue weighted by atomic mass is 10.1. The summed E-state index contributed by atoms with van der Waals surface area (Å²) in [6.07, 6.45) is 0. The summed E-state index contributed by atoms with van der Waals surface area (Å²) >= 11 is 6.19. The van der Waals surface area contributed by atoms with Gasteiger partial charge in [0.1, 0.15) is 5.75 Å². The van der Waals surface area contributed by atoms with E-state index in [0.29, 0.717) is 10.6 Å². The quantitative estimate of drug-likeness (QED) is 0.812. The molecule has 0 aliphatic rings. The molecule has 3 nitrogen and oxygen atoms in total. The molecule has 0 aliphatic heterocycles. The van der Waals surface area contributed by atoms with Crippen LogP contribution in [-0.2, 0) is 0 Å². The minimum atomic E-state index is 0.0202. The van der Waals surface area contributed by atoms with Crippen molar-refractivity contribution in [1.82, 2.24) is 0 Å². The second kappa shape index (κ2) is 6.64. The fourth-order valence-electron chi connectivity index (χ4n) is 2.06. The third-order valence-electron chi connectivity index (χ3n) is 3.36. The third-order valence-corrected chi connectivity index (χ3v) is 3.69. The lowest BCUT2D eigenvalue weighted by Crippen LogP contribution is -2.07. The zero-order valence-electron chi connectivity index (χ0n) is 12.3. The molecule has 21 heavy (non-hydrogen) atoms. The Morgan fingerprint density at radius 3 is 2.43 bits per heavy atom. The normalized spacial score (nSPS) is 11.8. The molecule has 1 atom stereocenters. The highest BCUT2D eigenvalue weighted by Crippen LogP contribution is 2.28. The summed E-state index contributed by atoms with van der Waals surface area (Å²) in [6, 6.07) is 13.1. The van der Waals surface area contributed by atoms with Crippen LogP contribution in [0.2, 0.25) is 5.02 Å². The van der Waals surface area contributed by atoms with Crippen LogP contribution in [0.4, 0.5) is 5.69 Å². The Kier molecular flexibility index (Phi) is 4.86. The SMILES string of the molecule is COc1ccc(C(C)Nc2cc(C(C)=O)ccc2Cl)cc1. The monoisotopic (exact) mass is 303 g/mol. The molecular weight excluding hydrogens is 286 g/mol. The Bertz CT molecular complexity index is 638. The molecule has 2 rings (SSSR count). The van der Waals surface area contributed by atoms with Crippen molar-refractivity contribution in [2.45, 2.75) is 19.9 Å². The van der Waals surface area contributed by atoms with E-state index >= 15 is 0 Å². The topological polar surface area (TPSA) is 38.3 Å². The number of carbonyl (C=O) groups is 1. The highest BCUT2D eigenvalue weighted by Gasteiger charge is 2.10. The number of Topliss-reactive ketones (excluding diaryl/α,β-unsaturated/α-hetero) is 1. The number of halogens is 1. The van der Waals surface area contributed by atoms with Gasteiger partial charge in [-0.1, -0.05) is 23.7 Å². The summed E-state index contributed by atoms with van der Waals surface area (Å²) in [5, 5.41) is 3.93. The van der Waals surface area contributed by atoms with Gasteiger partial charge in [0.05, 0.1) is 17.8 Å². The van der Waals surface area contributed by atoms with Crippen LogP contribution in [0.15, 0.2) is 42.5 Å². The maximum Gasteiger partial charge on any atom is 0.159 e. The Balaban J connectivity index is 2.19. The van der Waals surface area contributed by atoms with Crippen molar-refractivity contribution < 1.29 is 9.53 Å². The molecule has 0 bridgehead atoms. The maximum atomic E-state index is 11.5. The lowest BCUT2D eigenvalue weighted by molar-refractivity contribution is 0.101. The zero-order valence-corrected chi connectivity index (χ0v) is 13.1. The number of nitrogens with one attached hydrogen (secondary N) is 1. The van der Waals surface area contributed by atoms with Gasteiger partial charge in [0.2, 0.25) is 0 Å². The minimum absolute atomic E-state index is 0.0202. The Morgan fingerprint density at radius 1 is 1.19 bits per heavy atom. The Hall–Kier alpha value is -2.00. The predicted octanol–water partition coefficient (Wildman–Crippen LogP) is 4.72. The van der Waals surface area contributed by atoms with Gasteiger partial charge in [-0.3, -0.25) is 4.79 Å². The van der Waals surface area contributed by atoms with E-state index in [1.54, 1.807) is 32.2 Å². The van der Waals surface area contributed by atoms with E-state index in [4.69, 9.17) is 16.3 Å². The first kappa shape index (κ1) is 15.4. The standard InChI is InChI=1S/C17H18ClNO2/c1-11(13-4-7-15(21-3)8-5-13)19-17-10-14(12(2)20)6-9-16(17)18/h4-11,19H,1-3H3. The molecule has 0 saturated heterocycles. The van der Waals surface area contributed by atoms with Crippen LogP contribution in [0.25, 0.3) is 0 Å². The average Bonchev–Trinajstić information content (AvgIpc) is 2.49. The van der Waals surface area contributed by atoms with Crippen molar-refractivity contribution in [3.63, 3.8) is 0 Å². The average molecular weight is 304 g/mol. The van der Waals surface area contributed by atoms with E-state index in [1.165, 1.54) is 0 Å². The number of methoxy groups -OCH3 is 1. The summed E-state index contributed by atoms with van der Waals surface area (Å²) in [5.41, 5.74) is 2.51. The molecule has 2 aromatic rings. The van der Waals surface area contributed by atoms with Crippen molar-refractivity contribution >= 4 is 23.1 Å². The van der Waals surface area contributed by atoms with Gasteiger partial charge in [-0.2, -0.15) is 0 Å². The molecule has 0 saturated carbocycles. The Morgan fingerprint density at radius 2 is 1.86 bits per heavy atom. The number of ketones is 1. The van der Waals surface area contributed by atoms with Gasteiger partial charge >= 0.3 is 0 Å². The fraction of sp³-hybridized carbons (Fsp3) is 0.235. The second-order valence-electron chi connectivity index (χ2n) is 4.89. The molecule has 1 N–H and O–H groups in total. The molecule has 0 heterocycles. The van der Waals surface area contributed by atoms with Gasteiger partial charge in [-0.25, -0.2) is 0 Å². The highest BCUT2D eigenvalue weighted by atomic mass is 35.5. The molecule has 0 aliphatic carbocycles. The summed E-state index contributed by atoms with van der Waals surface area (Å²) in [7, 11) is 1.64. The molecule has 4 heteroatoms. The molecular formula is C17H18ClNO2. The van der Waals surface area contributed by atoms with Crippen LogP contribution in [0.1, 0.15) is 35.8 Å². The van der Waals surface area contributed by atoms with E-state index in [9.17, 15) is 4.79 Å². The van der Waals surface area contributed by atoms with E-state index in [2.05, 4.69) is 5.32 Å².